The van der Waals surface area contributed by atoms with Crippen LogP contribution in [-0.2, 0) is 13.0 Å². The van der Waals surface area contributed by atoms with Gasteiger partial charge in [0.05, 0.1) is 6.54 Å². The molecule has 0 atom stereocenters. The van der Waals surface area contributed by atoms with Gasteiger partial charge in [0, 0.05) is 30.4 Å². The molecule has 0 aliphatic carbocycles. The first-order valence-corrected chi connectivity index (χ1v) is 7.00. The Balaban J connectivity index is 2.22. The lowest BCUT2D eigenvalue weighted by molar-refractivity contribution is 0.828. The van der Waals surface area contributed by atoms with Crippen LogP contribution in [0.25, 0.3) is 0 Å². The summed E-state index contributed by atoms with van der Waals surface area (Å²) in [6.07, 6.45) is 5.90. The van der Waals surface area contributed by atoms with Crippen molar-refractivity contribution >= 4 is 17.2 Å². The van der Waals surface area contributed by atoms with Gasteiger partial charge in [-0.15, -0.1) is 11.3 Å². The summed E-state index contributed by atoms with van der Waals surface area (Å²) in [4.78, 5) is 15.3. The molecule has 2 aromatic rings. The smallest absolute Gasteiger partial charge is 0.135 e. The number of rotatable bonds is 5. The van der Waals surface area contributed by atoms with Crippen molar-refractivity contribution in [3.63, 3.8) is 0 Å². The van der Waals surface area contributed by atoms with Gasteiger partial charge in [0.25, 0.3) is 0 Å². The molecule has 0 fully saturated rings. The number of anilines is 1. The lowest BCUT2D eigenvalue weighted by atomic mass is 10.2. The molecule has 5 heteroatoms. The highest BCUT2D eigenvalue weighted by Gasteiger charge is 2.11. The largest absolute Gasteiger partial charge is 0.353 e. The van der Waals surface area contributed by atoms with Crippen molar-refractivity contribution in [1.82, 2.24) is 15.0 Å². The van der Waals surface area contributed by atoms with Gasteiger partial charge in [-0.2, -0.15) is 0 Å². The molecule has 2 heterocycles. The SMILES string of the molecule is CCCc1cnc(C)nc1N(C)Cc1nccs1. The maximum absolute atomic E-state index is 4.56. The Kier molecular flexibility index (Phi) is 4.25. The van der Waals surface area contributed by atoms with Gasteiger partial charge < -0.3 is 4.90 Å². The molecule has 0 radical (unpaired) electrons. The molecule has 0 aliphatic rings. The molecule has 0 aromatic carbocycles. The predicted octanol–water partition coefficient (Wildman–Crippen LogP) is 2.83. The van der Waals surface area contributed by atoms with Crippen LogP contribution in [0.15, 0.2) is 17.8 Å². The fourth-order valence-corrected chi connectivity index (χ4v) is 2.54. The van der Waals surface area contributed by atoms with E-state index in [-0.39, 0.29) is 0 Å². The third-order valence-corrected chi connectivity index (χ3v) is 3.46. The fraction of sp³-hybridized carbons (Fsp3) is 0.462. The van der Waals surface area contributed by atoms with Gasteiger partial charge in [0.15, 0.2) is 0 Å². The first kappa shape index (κ1) is 13.0. The van der Waals surface area contributed by atoms with Crippen molar-refractivity contribution in [3.05, 3.63) is 34.2 Å². The molecule has 0 amide bonds. The predicted molar refractivity (Wildman–Crippen MR) is 75.0 cm³/mol. The molecule has 0 saturated heterocycles. The summed E-state index contributed by atoms with van der Waals surface area (Å²) in [5.74, 6) is 1.84. The Bertz CT molecular complexity index is 496. The maximum Gasteiger partial charge on any atom is 0.135 e. The number of nitrogens with zero attached hydrogens (tertiary/aromatic N) is 4. The van der Waals surface area contributed by atoms with Gasteiger partial charge >= 0.3 is 0 Å². The average Bonchev–Trinajstić information content (AvgIpc) is 2.84. The zero-order valence-corrected chi connectivity index (χ0v) is 11.9. The standard InChI is InChI=1S/C13H18N4S/c1-4-5-11-8-15-10(2)16-13(11)17(3)9-12-14-6-7-18-12/h6-8H,4-5,9H2,1-3H3. The topological polar surface area (TPSA) is 41.9 Å². The third kappa shape index (κ3) is 3.04. The molecule has 0 spiro atoms. The molecular formula is C13H18N4S. The van der Waals surface area contributed by atoms with E-state index >= 15 is 0 Å². The maximum atomic E-state index is 4.56. The Hall–Kier alpha value is -1.49. The zero-order valence-electron chi connectivity index (χ0n) is 11.1. The minimum atomic E-state index is 0.796. The Morgan fingerprint density at radius 2 is 2.17 bits per heavy atom. The molecule has 4 nitrogen and oxygen atoms in total. The van der Waals surface area contributed by atoms with Gasteiger partial charge in [-0.3, -0.25) is 0 Å². The molecule has 0 bridgehead atoms. The van der Waals surface area contributed by atoms with Gasteiger partial charge in [0.2, 0.25) is 0 Å². The van der Waals surface area contributed by atoms with Crippen LogP contribution in [0.4, 0.5) is 5.82 Å². The number of aromatic nitrogens is 3. The monoisotopic (exact) mass is 262 g/mol. The molecule has 18 heavy (non-hydrogen) atoms. The molecule has 0 unspecified atom stereocenters. The highest BCUT2D eigenvalue weighted by Crippen LogP contribution is 2.20. The van der Waals surface area contributed by atoms with Crippen molar-refractivity contribution in [2.45, 2.75) is 33.2 Å². The van der Waals surface area contributed by atoms with E-state index in [4.69, 9.17) is 0 Å². The van der Waals surface area contributed by atoms with Crippen LogP contribution in [0.1, 0.15) is 29.7 Å². The van der Waals surface area contributed by atoms with Gasteiger partial charge in [-0.05, 0) is 13.3 Å². The first-order chi connectivity index (χ1) is 8.70. The first-order valence-electron chi connectivity index (χ1n) is 6.12. The second-order valence-corrected chi connectivity index (χ2v) is 5.28. The molecular weight excluding hydrogens is 244 g/mol. The van der Waals surface area contributed by atoms with E-state index in [0.29, 0.717) is 0 Å². The number of aryl methyl sites for hydroxylation is 2. The normalized spacial score (nSPS) is 10.6. The average molecular weight is 262 g/mol. The van der Waals surface area contributed by atoms with Crippen molar-refractivity contribution in [2.24, 2.45) is 0 Å². The van der Waals surface area contributed by atoms with Gasteiger partial charge in [0.1, 0.15) is 16.6 Å². The lowest BCUT2D eigenvalue weighted by Gasteiger charge is -2.20. The summed E-state index contributed by atoms with van der Waals surface area (Å²) in [5.41, 5.74) is 1.21. The van der Waals surface area contributed by atoms with Crippen LogP contribution in [-0.4, -0.2) is 22.0 Å². The fourth-order valence-electron chi connectivity index (χ4n) is 1.87. The molecule has 96 valence electrons. The van der Waals surface area contributed by atoms with Crippen molar-refractivity contribution in [1.29, 1.82) is 0 Å². The number of hydrogen-bond donors (Lipinski definition) is 0. The van der Waals surface area contributed by atoms with E-state index in [1.807, 2.05) is 24.7 Å². The van der Waals surface area contributed by atoms with Crippen molar-refractivity contribution in [2.75, 3.05) is 11.9 Å². The second kappa shape index (κ2) is 5.91. The summed E-state index contributed by atoms with van der Waals surface area (Å²) in [7, 11) is 2.06. The quantitative estimate of drug-likeness (QED) is 0.831. The van der Waals surface area contributed by atoms with Gasteiger partial charge in [-0.25, -0.2) is 15.0 Å². The zero-order chi connectivity index (χ0) is 13.0. The third-order valence-electron chi connectivity index (χ3n) is 2.70. The van der Waals surface area contributed by atoms with Crippen LogP contribution >= 0.6 is 11.3 Å². The Morgan fingerprint density at radius 3 is 2.83 bits per heavy atom. The Labute approximate surface area is 112 Å². The Morgan fingerprint density at radius 1 is 1.33 bits per heavy atom. The summed E-state index contributed by atoms with van der Waals surface area (Å²) in [5, 5.41) is 3.11. The van der Waals surface area contributed by atoms with Crippen LogP contribution in [0.2, 0.25) is 0 Å². The minimum Gasteiger partial charge on any atom is -0.353 e. The molecule has 2 aromatic heterocycles. The lowest BCUT2D eigenvalue weighted by Crippen LogP contribution is -2.20. The molecule has 0 N–H and O–H groups in total. The second-order valence-electron chi connectivity index (χ2n) is 4.30. The van der Waals surface area contributed by atoms with E-state index in [0.717, 1.165) is 36.0 Å². The van der Waals surface area contributed by atoms with Crippen molar-refractivity contribution in [3.8, 4) is 0 Å². The van der Waals surface area contributed by atoms with Crippen LogP contribution in [0.5, 0.6) is 0 Å². The van der Waals surface area contributed by atoms with Crippen molar-refractivity contribution < 1.29 is 0 Å². The molecule has 0 saturated carbocycles. The highest BCUT2D eigenvalue weighted by molar-refractivity contribution is 7.09. The highest BCUT2D eigenvalue weighted by atomic mass is 32.1. The van der Waals surface area contributed by atoms with E-state index in [1.54, 1.807) is 11.3 Å². The summed E-state index contributed by atoms with van der Waals surface area (Å²) < 4.78 is 0. The van der Waals surface area contributed by atoms with Gasteiger partial charge in [-0.1, -0.05) is 13.3 Å². The van der Waals surface area contributed by atoms with E-state index < -0.39 is 0 Å². The van der Waals surface area contributed by atoms with Crippen LogP contribution in [0.3, 0.4) is 0 Å². The molecule has 0 aliphatic heterocycles. The van der Waals surface area contributed by atoms with E-state index in [9.17, 15) is 0 Å². The number of hydrogen-bond acceptors (Lipinski definition) is 5. The minimum absolute atomic E-state index is 0.796. The van der Waals surface area contributed by atoms with Crippen LogP contribution < -0.4 is 4.90 Å². The van der Waals surface area contributed by atoms with E-state index in [2.05, 4.69) is 33.8 Å². The summed E-state index contributed by atoms with van der Waals surface area (Å²) >= 11 is 1.67. The molecule has 2 rings (SSSR count). The summed E-state index contributed by atoms with van der Waals surface area (Å²) in [6.45, 7) is 4.89. The number of thiazole rings is 1. The summed E-state index contributed by atoms with van der Waals surface area (Å²) in [6, 6.07) is 0. The van der Waals surface area contributed by atoms with Crippen LogP contribution in [0, 0.1) is 6.92 Å². The van der Waals surface area contributed by atoms with E-state index in [1.165, 1.54) is 5.56 Å².